The number of hydrogen-bond acceptors (Lipinski definition) is 3. The normalized spacial score (nSPS) is 12.8. The van der Waals surface area contributed by atoms with E-state index in [9.17, 15) is 0 Å². The van der Waals surface area contributed by atoms with Crippen molar-refractivity contribution in [3.05, 3.63) is 200 Å². The first-order valence-corrected chi connectivity index (χ1v) is 18.5. The van der Waals surface area contributed by atoms with Crippen molar-refractivity contribution in [1.29, 1.82) is 0 Å². The van der Waals surface area contributed by atoms with Crippen molar-refractivity contribution in [3.63, 3.8) is 0 Å². The Kier molecular flexibility index (Phi) is 6.29. The molecule has 11 aromatic rings. The molecule has 262 valence electrons. The van der Waals surface area contributed by atoms with Crippen LogP contribution in [0, 0.1) is 0 Å². The van der Waals surface area contributed by atoms with Crippen molar-refractivity contribution in [1.82, 2.24) is 24.1 Å². The maximum Gasteiger partial charge on any atom is 0.238 e. The summed E-state index contributed by atoms with van der Waals surface area (Å²) in [6.45, 7) is 0. The second-order valence-corrected chi connectivity index (χ2v) is 13.7. The van der Waals surface area contributed by atoms with Crippen LogP contribution >= 0.6 is 0 Å². The van der Waals surface area contributed by atoms with Gasteiger partial charge in [-0.2, -0.15) is 9.97 Å². The van der Waals surface area contributed by atoms with E-state index in [-0.39, 0.29) is 29.7 Å². The molecule has 0 unspecified atom stereocenters. The van der Waals surface area contributed by atoms with Crippen molar-refractivity contribution < 1.29 is 6.85 Å². The van der Waals surface area contributed by atoms with Gasteiger partial charge in [0.05, 0.1) is 28.9 Å². The quantitative estimate of drug-likeness (QED) is 0.172. The number of hydrogen-bond donors (Lipinski definition) is 0. The molecule has 0 aliphatic rings. The Balaban J connectivity index is 1.18. The Morgan fingerprint density at radius 3 is 1.41 bits per heavy atom. The van der Waals surface area contributed by atoms with Gasteiger partial charge in [0.1, 0.15) is 0 Å². The number of nitrogens with zero attached hydrogens (tertiary/aromatic N) is 5. The first-order valence-electron chi connectivity index (χ1n) is 21.0. The summed E-state index contributed by atoms with van der Waals surface area (Å²) in [7, 11) is 0. The Morgan fingerprint density at radius 2 is 0.786 bits per heavy atom. The van der Waals surface area contributed by atoms with Crippen LogP contribution in [0.15, 0.2) is 200 Å². The average molecular weight is 721 g/mol. The molecule has 56 heavy (non-hydrogen) atoms. The van der Waals surface area contributed by atoms with Gasteiger partial charge < -0.3 is 4.57 Å². The van der Waals surface area contributed by atoms with Gasteiger partial charge in [0.25, 0.3) is 0 Å². The van der Waals surface area contributed by atoms with E-state index in [2.05, 4.69) is 81.9 Å². The van der Waals surface area contributed by atoms with Crippen molar-refractivity contribution in [2.45, 2.75) is 0 Å². The fourth-order valence-corrected chi connectivity index (χ4v) is 7.90. The van der Waals surface area contributed by atoms with Crippen LogP contribution in [0.4, 0.5) is 0 Å². The Morgan fingerprint density at radius 1 is 0.339 bits per heavy atom. The molecule has 5 heteroatoms. The van der Waals surface area contributed by atoms with Crippen LogP contribution in [-0.2, 0) is 0 Å². The highest BCUT2D eigenvalue weighted by Gasteiger charge is 2.23. The van der Waals surface area contributed by atoms with E-state index < -0.39 is 6.04 Å². The summed E-state index contributed by atoms with van der Waals surface area (Å²) in [6.07, 6.45) is 0. The molecule has 0 radical (unpaired) electrons. The van der Waals surface area contributed by atoms with E-state index in [0.717, 1.165) is 71.6 Å². The summed E-state index contributed by atoms with van der Waals surface area (Å²) in [5.74, 6) is 1.57. The molecule has 0 fully saturated rings. The third-order valence-corrected chi connectivity index (χ3v) is 10.5. The summed E-state index contributed by atoms with van der Waals surface area (Å²) in [5.41, 5.74) is 9.27. The standard InChI is InChI=1S/C51H33N5/c1-4-14-34(15-5-1)36-24-26-39(27-25-36)50-52-49(38-18-8-3-9-19-38)53-51(54-50)56-46-23-13-11-21-42(46)44-33-32-43-41-20-10-12-22-45(41)55(47(43)48(44)56)40-30-28-37(29-31-40)35-16-6-2-7-17-35/h1-33H/i2D,6D,7D,16D,17D. The lowest BCUT2D eigenvalue weighted by Gasteiger charge is -2.14. The molecular formula is C51H33N5. The van der Waals surface area contributed by atoms with Gasteiger partial charge in [-0.15, -0.1) is 0 Å². The number of aromatic nitrogens is 5. The Bertz CT molecular complexity index is 3480. The molecule has 8 aromatic carbocycles. The van der Waals surface area contributed by atoms with Gasteiger partial charge in [0, 0.05) is 38.4 Å². The van der Waals surface area contributed by atoms with E-state index in [1.807, 2.05) is 97.1 Å². The van der Waals surface area contributed by atoms with Crippen LogP contribution in [0.5, 0.6) is 0 Å². The van der Waals surface area contributed by atoms with Crippen LogP contribution in [0.2, 0.25) is 0 Å². The van der Waals surface area contributed by atoms with Gasteiger partial charge in [-0.25, -0.2) is 4.98 Å². The van der Waals surface area contributed by atoms with Crippen molar-refractivity contribution >= 4 is 43.6 Å². The fraction of sp³-hybridized carbons (Fsp3) is 0. The molecule has 5 nitrogen and oxygen atoms in total. The van der Waals surface area contributed by atoms with Crippen LogP contribution in [0.25, 0.3) is 100 Å². The fourth-order valence-electron chi connectivity index (χ4n) is 7.90. The summed E-state index contributed by atoms with van der Waals surface area (Å²) in [6, 6.07) is 55.5. The third-order valence-electron chi connectivity index (χ3n) is 10.5. The number of benzene rings is 8. The first-order chi connectivity index (χ1) is 29.9. The molecule has 0 aliphatic carbocycles. The van der Waals surface area contributed by atoms with Gasteiger partial charge in [-0.1, -0.05) is 176 Å². The Hall–Kier alpha value is -7.63. The second kappa shape index (κ2) is 13.0. The van der Waals surface area contributed by atoms with E-state index >= 15 is 0 Å². The first kappa shape index (κ1) is 27.0. The zero-order valence-electron chi connectivity index (χ0n) is 34.9. The predicted molar refractivity (Wildman–Crippen MR) is 230 cm³/mol. The molecule has 11 rings (SSSR count). The second-order valence-electron chi connectivity index (χ2n) is 13.7. The van der Waals surface area contributed by atoms with Crippen LogP contribution in [0.1, 0.15) is 6.85 Å². The zero-order chi connectivity index (χ0) is 41.4. The van der Waals surface area contributed by atoms with Crippen LogP contribution < -0.4 is 0 Å². The molecule has 3 heterocycles. The monoisotopic (exact) mass is 720 g/mol. The lowest BCUT2D eigenvalue weighted by molar-refractivity contribution is 0.953. The predicted octanol–water partition coefficient (Wildman–Crippen LogP) is 12.7. The minimum absolute atomic E-state index is 0.164. The molecule has 0 saturated heterocycles. The molecule has 0 spiro atoms. The van der Waals surface area contributed by atoms with Crippen LogP contribution in [-0.4, -0.2) is 24.1 Å². The van der Waals surface area contributed by atoms with E-state index in [1.165, 1.54) is 0 Å². The third kappa shape index (κ3) is 5.21. The highest BCUT2D eigenvalue weighted by atomic mass is 15.2. The summed E-state index contributed by atoms with van der Waals surface area (Å²) in [4.78, 5) is 15.6. The molecule has 0 aliphatic heterocycles. The van der Waals surface area contributed by atoms with Crippen molar-refractivity contribution in [3.8, 4) is 56.7 Å². The van der Waals surface area contributed by atoms with Crippen molar-refractivity contribution in [2.75, 3.05) is 0 Å². The molecule has 0 N–H and O–H groups in total. The van der Waals surface area contributed by atoms with Gasteiger partial charge in [0.15, 0.2) is 11.6 Å². The molecule has 3 aromatic heterocycles. The Labute approximate surface area is 330 Å². The van der Waals surface area contributed by atoms with Gasteiger partial charge in [-0.05, 0) is 46.5 Å². The van der Waals surface area contributed by atoms with E-state index in [0.29, 0.717) is 23.2 Å². The van der Waals surface area contributed by atoms with Crippen LogP contribution in [0.3, 0.4) is 0 Å². The lowest BCUT2D eigenvalue weighted by atomic mass is 10.0. The topological polar surface area (TPSA) is 48.5 Å². The zero-order valence-corrected chi connectivity index (χ0v) is 29.9. The summed E-state index contributed by atoms with van der Waals surface area (Å²) < 4.78 is 46.3. The molecule has 0 atom stereocenters. The molecular weight excluding hydrogens is 683 g/mol. The highest BCUT2D eigenvalue weighted by Crippen LogP contribution is 2.42. The smallest absolute Gasteiger partial charge is 0.238 e. The van der Waals surface area contributed by atoms with Gasteiger partial charge in [0.2, 0.25) is 5.95 Å². The van der Waals surface area contributed by atoms with Gasteiger partial charge >= 0.3 is 0 Å². The van der Waals surface area contributed by atoms with E-state index in [4.69, 9.17) is 21.8 Å². The summed E-state index contributed by atoms with van der Waals surface area (Å²) in [5, 5.41) is 4.17. The number of para-hydroxylation sites is 2. The van der Waals surface area contributed by atoms with Gasteiger partial charge in [-0.3, -0.25) is 4.57 Å². The maximum atomic E-state index is 8.62. The van der Waals surface area contributed by atoms with E-state index in [1.54, 1.807) is 0 Å². The summed E-state index contributed by atoms with van der Waals surface area (Å²) >= 11 is 0. The molecule has 0 amide bonds. The SMILES string of the molecule is [2H]c1c([2H])c([2H])c(-c2ccc(-n3c4ccccc4c4ccc5c6ccccc6n(-c6nc(-c7ccccc7)nc(-c7ccc(-c8ccccc8)cc7)n6)c5c43)cc2)c([2H])c1[2H]. The number of fused-ring (bicyclic) bond motifs is 7. The molecule has 0 bridgehead atoms. The minimum atomic E-state index is -0.415. The highest BCUT2D eigenvalue weighted by molar-refractivity contribution is 6.23. The van der Waals surface area contributed by atoms with Crippen molar-refractivity contribution in [2.24, 2.45) is 0 Å². The largest absolute Gasteiger partial charge is 0.307 e. The lowest BCUT2D eigenvalue weighted by Crippen LogP contribution is -2.07. The number of rotatable bonds is 6. The minimum Gasteiger partial charge on any atom is -0.307 e. The maximum absolute atomic E-state index is 8.62. The average Bonchev–Trinajstić information content (AvgIpc) is 3.84. The molecule has 0 saturated carbocycles.